The Morgan fingerprint density at radius 2 is 1.62 bits per heavy atom. The minimum absolute atomic E-state index is 0.372. The number of ether oxygens (including phenoxy) is 1. The molecule has 1 aromatic rings. The fraction of sp³-hybridized carbons (Fsp3) is 0.591. The molecule has 1 heterocycles. The average Bonchev–Trinajstić information content (AvgIpc) is 2.65. The standard InChI is InChI=1S/C22H26N2O5/c1-13(25)29-24-19(17-5-3-2-4-6-17)18(20(24)26)23-21(27)28-22-10-14-7-15(11-22)9-16(8-14)12-22/h2-6,14-16,18-19H,7-12H2,1H3,(H,23,27). The summed E-state index contributed by atoms with van der Waals surface area (Å²) in [5.41, 5.74) is 0.414. The molecule has 4 bridgehead atoms. The van der Waals surface area contributed by atoms with Crippen molar-refractivity contribution < 1.29 is 24.0 Å². The molecule has 5 fully saturated rings. The van der Waals surface area contributed by atoms with Gasteiger partial charge < -0.3 is 14.9 Å². The molecule has 2 unspecified atom stereocenters. The molecule has 7 heteroatoms. The molecule has 2 amide bonds. The fourth-order valence-corrected chi connectivity index (χ4v) is 6.33. The van der Waals surface area contributed by atoms with E-state index in [-0.39, 0.29) is 5.60 Å². The maximum absolute atomic E-state index is 12.8. The van der Waals surface area contributed by atoms with E-state index in [4.69, 9.17) is 9.57 Å². The first-order chi connectivity index (χ1) is 13.9. The molecule has 0 aromatic heterocycles. The van der Waals surface area contributed by atoms with E-state index in [1.807, 2.05) is 30.3 Å². The number of amides is 2. The summed E-state index contributed by atoms with van der Waals surface area (Å²) in [7, 11) is 0. The maximum atomic E-state index is 12.8. The first-order valence-electron chi connectivity index (χ1n) is 10.5. The monoisotopic (exact) mass is 398 g/mol. The molecular weight excluding hydrogens is 372 g/mol. The predicted molar refractivity (Wildman–Crippen MR) is 102 cm³/mol. The van der Waals surface area contributed by atoms with Gasteiger partial charge in [0.1, 0.15) is 17.7 Å². The summed E-state index contributed by atoms with van der Waals surface area (Å²) in [6, 6.07) is 7.86. The van der Waals surface area contributed by atoms with Gasteiger partial charge in [-0.2, -0.15) is 5.06 Å². The first-order valence-corrected chi connectivity index (χ1v) is 10.5. The van der Waals surface area contributed by atoms with Gasteiger partial charge in [-0.05, 0) is 61.8 Å². The highest BCUT2D eigenvalue weighted by molar-refractivity contribution is 5.92. The molecule has 6 rings (SSSR count). The average molecular weight is 398 g/mol. The Morgan fingerprint density at radius 3 is 2.17 bits per heavy atom. The summed E-state index contributed by atoms with van der Waals surface area (Å²) in [6.45, 7) is 1.25. The third-order valence-electron chi connectivity index (χ3n) is 6.98. The molecule has 7 nitrogen and oxygen atoms in total. The topological polar surface area (TPSA) is 84.9 Å². The second-order valence-corrected chi connectivity index (χ2v) is 9.21. The first kappa shape index (κ1) is 18.5. The van der Waals surface area contributed by atoms with E-state index in [9.17, 15) is 14.4 Å². The van der Waals surface area contributed by atoms with E-state index in [1.54, 1.807) is 0 Å². The Kier molecular flexibility index (Phi) is 4.29. The van der Waals surface area contributed by atoms with Gasteiger partial charge in [0, 0.05) is 6.92 Å². The second kappa shape index (κ2) is 6.75. The van der Waals surface area contributed by atoms with Crippen molar-refractivity contribution in [2.24, 2.45) is 17.8 Å². The van der Waals surface area contributed by atoms with Crippen LogP contribution in [0.4, 0.5) is 4.79 Å². The van der Waals surface area contributed by atoms with Crippen LogP contribution in [0.3, 0.4) is 0 Å². The van der Waals surface area contributed by atoms with Crippen LogP contribution in [0.15, 0.2) is 30.3 Å². The Morgan fingerprint density at radius 1 is 1.03 bits per heavy atom. The van der Waals surface area contributed by atoms with Gasteiger partial charge in [0.05, 0.1) is 0 Å². The molecule has 0 radical (unpaired) electrons. The van der Waals surface area contributed by atoms with Crippen molar-refractivity contribution >= 4 is 18.0 Å². The number of rotatable bonds is 4. The molecule has 1 aromatic carbocycles. The van der Waals surface area contributed by atoms with Gasteiger partial charge in [0.15, 0.2) is 0 Å². The highest BCUT2D eigenvalue weighted by Gasteiger charge is 2.55. The zero-order valence-electron chi connectivity index (χ0n) is 16.5. The van der Waals surface area contributed by atoms with Gasteiger partial charge in [-0.3, -0.25) is 9.59 Å². The van der Waals surface area contributed by atoms with E-state index < -0.39 is 30.1 Å². The molecule has 1 N–H and O–H groups in total. The summed E-state index contributed by atoms with van der Waals surface area (Å²) in [6.07, 6.45) is 6.05. The van der Waals surface area contributed by atoms with Crippen molar-refractivity contribution in [1.82, 2.24) is 10.4 Å². The molecular formula is C22H26N2O5. The number of hydrogen-bond donors (Lipinski definition) is 1. The number of alkyl carbamates (subject to hydrolysis) is 1. The van der Waals surface area contributed by atoms with Gasteiger partial charge in [-0.25, -0.2) is 4.79 Å². The zero-order valence-corrected chi connectivity index (χ0v) is 16.5. The number of hydroxylamine groups is 2. The zero-order chi connectivity index (χ0) is 20.2. The van der Waals surface area contributed by atoms with Gasteiger partial charge in [-0.15, -0.1) is 0 Å². The lowest BCUT2D eigenvalue weighted by molar-refractivity contribution is -0.232. The lowest BCUT2D eigenvalue weighted by atomic mass is 9.54. The van der Waals surface area contributed by atoms with Crippen LogP contribution in [0.1, 0.15) is 57.1 Å². The maximum Gasteiger partial charge on any atom is 0.408 e. The van der Waals surface area contributed by atoms with Crippen LogP contribution in [-0.4, -0.2) is 34.7 Å². The second-order valence-electron chi connectivity index (χ2n) is 9.21. The normalized spacial score (nSPS) is 37.1. The van der Waals surface area contributed by atoms with Gasteiger partial charge in [-0.1, -0.05) is 30.3 Å². The number of nitrogens with zero attached hydrogens (tertiary/aromatic N) is 1. The molecule has 1 saturated heterocycles. The Balaban J connectivity index is 1.29. The Hall–Kier alpha value is -2.57. The van der Waals surface area contributed by atoms with Crippen molar-refractivity contribution in [2.45, 2.75) is 63.1 Å². The van der Waals surface area contributed by atoms with E-state index in [1.165, 1.54) is 26.2 Å². The molecule has 2 atom stereocenters. The fourth-order valence-electron chi connectivity index (χ4n) is 6.33. The third-order valence-corrected chi connectivity index (χ3v) is 6.98. The van der Waals surface area contributed by atoms with Crippen molar-refractivity contribution in [2.75, 3.05) is 0 Å². The Labute approximate surface area is 169 Å². The van der Waals surface area contributed by atoms with Crippen LogP contribution >= 0.6 is 0 Å². The van der Waals surface area contributed by atoms with E-state index in [2.05, 4.69) is 5.32 Å². The summed E-state index contributed by atoms with van der Waals surface area (Å²) in [4.78, 5) is 41.8. The highest BCUT2D eigenvalue weighted by atomic mass is 16.7. The molecule has 4 aliphatic carbocycles. The number of hydrogen-bond acceptors (Lipinski definition) is 5. The van der Waals surface area contributed by atoms with Crippen LogP contribution in [0.5, 0.6) is 0 Å². The lowest BCUT2D eigenvalue weighted by Gasteiger charge is -2.55. The lowest BCUT2D eigenvalue weighted by Crippen LogP contribution is -2.66. The predicted octanol–water partition coefficient (Wildman–Crippen LogP) is 3.11. The van der Waals surface area contributed by atoms with Crippen LogP contribution in [0.2, 0.25) is 0 Å². The van der Waals surface area contributed by atoms with Gasteiger partial charge in [0.2, 0.25) is 0 Å². The number of carbonyl (C=O) groups is 3. The van der Waals surface area contributed by atoms with Crippen molar-refractivity contribution in [1.29, 1.82) is 0 Å². The number of β-lactam (4-membered cyclic amide) rings is 1. The van der Waals surface area contributed by atoms with Crippen molar-refractivity contribution in [3.05, 3.63) is 35.9 Å². The number of nitrogens with one attached hydrogen (secondary N) is 1. The molecule has 29 heavy (non-hydrogen) atoms. The third kappa shape index (κ3) is 3.26. The quantitative estimate of drug-likeness (QED) is 0.788. The number of benzene rings is 1. The van der Waals surface area contributed by atoms with E-state index >= 15 is 0 Å². The van der Waals surface area contributed by atoms with Crippen LogP contribution in [-0.2, 0) is 19.2 Å². The Bertz CT molecular complexity index is 804. The minimum Gasteiger partial charge on any atom is -0.443 e. The summed E-state index contributed by atoms with van der Waals surface area (Å²) in [5.74, 6) is 0.966. The highest BCUT2D eigenvalue weighted by Crippen LogP contribution is 2.57. The summed E-state index contributed by atoms with van der Waals surface area (Å²) < 4.78 is 5.98. The van der Waals surface area contributed by atoms with Crippen LogP contribution in [0.25, 0.3) is 0 Å². The summed E-state index contributed by atoms with van der Waals surface area (Å²) in [5, 5.41) is 3.78. The minimum atomic E-state index is -0.807. The largest absolute Gasteiger partial charge is 0.443 e. The van der Waals surface area contributed by atoms with Crippen molar-refractivity contribution in [3.8, 4) is 0 Å². The molecule has 4 saturated carbocycles. The van der Waals surface area contributed by atoms with Crippen molar-refractivity contribution in [3.63, 3.8) is 0 Å². The SMILES string of the molecule is CC(=O)ON1C(=O)C(NC(=O)OC23CC4CC(CC(C4)C2)C3)C1c1ccccc1. The smallest absolute Gasteiger partial charge is 0.408 e. The van der Waals surface area contributed by atoms with Crippen LogP contribution in [0, 0.1) is 17.8 Å². The van der Waals surface area contributed by atoms with Crippen LogP contribution < -0.4 is 5.32 Å². The molecule has 1 aliphatic heterocycles. The van der Waals surface area contributed by atoms with Gasteiger partial charge >= 0.3 is 12.1 Å². The van der Waals surface area contributed by atoms with E-state index in [0.29, 0.717) is 17.8 Å². The molecule has 154 valence electrons. The van der Waals surface area contributed by atoms with E-state index in [0.717, 1.165) is 29.9 Å². The number of carbonyl (C=O) groups excluding carboxylic acids is 3. The summed E-state index contributed by atoms with van der Waals surface area (Å²) >= 11 is 0. The van der Waals surface area contributed by atoms with Gasteiger partial charge in [0.25, 0.3) is 5.91 Å². The molecule has 0 spiro atoms. The molecule has 5 aliphatic rings.